The van der Waals surface area contributed by atoms with Gasteiger partial charge < -0.3 is 5.32 Å². The Hall–Kier alpha value is -2.14. The number of nitrogens with one attached hydrogen (secondary N) is 2. The summed E-state index contributed by atoms with van der Waals surface area (Å²) in [6.45, 7) is 0.535. The Morgan fingerprint density at radius 1 is 1.21 bits per heavy atom. The SMILES string of the molecule is O=C(NCCc1ccccc1)Nc1nnccc1Cl. The van der Waals surface area contributed by atoms with Crippen molar-refractivity contribution in [3.63, 3.8) is 0 Å². The van der Waals surface area contributed by atoms with E-state index in [0.29, 0.717) is 11.6 Å². The molecule has 0 unspecified atom stereocenters. The number of hydrogen-bond acceptors (Lipinski definition) is 3. The average Bonchev–Trinajstić information content (AvgIpc) is 2.43. The van der Waals surface area contributed by atoms with E-state index >= 15 is 0 Å². The molecule has 0 fully saturated rings. The van der Waals surface area contributed by atoms with E-state index in [4.69, 9.17) is 11.6 Å². The number of carbonyl (C=O) groups is 1. The molecule has 6 heteroatoms. The molecular formula is C13H13ClN4O. The third kappa shape index (κ3) is 4.22. The summed E-state index contributed by atoms with van der Waals surface area (Å²) in [6.07, 6.45) is 2.23. The number of halogens is 1. The highest BCUT2D eigenvalue weighted by molar-refractivity contribution is 6.33. The summed E-state index contributed by atoms with van der Waals surface area (Å²) in [6, 6.07) is 11.1. The second kappa shape index (κ2) is 6.70. The van der Waals surface area contributed by atoms with E-state index in [2.05, 4.69) is 20.8 Å². The van der Waals surface area contributed by atoms with Crippen LogP contribution in [0.4, 0.5) is 10.6 Å². The predicted octanol–water partition coefficient (Wildman–Crippen LogP) is 2.49. The molecule has 1 aromatic carbocycles. The summed E-state index contributed by atoms with van der Waals surface area (Å²) in [7, 11) is 0. The third-order valence-electron chi connectivity index (χ3n) is 2.45. The number of carbonyl (C=O) groups excluding carboxylic acids is 1. The molecule has 0 saturated carbocycles. The Bertz CT molecular complexity index is 547. The van der Waals surface area contributed by atoms with Gasteiger partial charge in [-0.3, -0.25) is 5.32 Å². The summed E-state index contributed by atoms with van der Waals surface area (Å²) >= 11 is 5.85. The van der Waals surface area contributed by atoms with Crippen molar-refractivity contribution < 1.29 is 4.79 Å². The molecule has 0 saturated heterocycles. The van der Waals surface area contributed by atoms with Gasteiger partial charge in [-0.05, 0) is 18.1 Å². The van der Waals surface area contributed by atoms with E-state index in [-0.39, 0.29) is 11.8 Å². The van der Waals surface area contributed by atoms with Crippen molar-refractivity contribution in [2.24, 2.45) is 0 Å². The molecule has 2 aromatic rings. The molecule has 0 radical (unpaired) electrons. The Balaban J connectivity index is 1.78. The summed E-state index contributed by atoms with van der Waals surface area (Å²) < 4.78 is 0. The second-order valence-electron chi connectivity index (χ2n) is 3.84. The Morgan fingerprint density at radius 3 is 2.74 bits per heavy atom. The van der Waals surface area contributed by atoms with Crippen LogP contribution in [0.5, 0.6) is 0 Å². The van der Waals surface area contributed by atoms with Gasteiger partial charge in [-0.25, -0.2) is 4.79 Å². The lowest BCUT2D eigenvalue weighted by Gasteiger charge is -2.07. The zero-order valence-electron chi connectivity index (χ0n) is 10.1. The highest BCUT2D eigenvalue weighted by Gasteiger charge is 2.06. The van der Waals surface area contributed by atoms with Gasteiger partial charge in [-0.1, -0.05) is 41.9 Å². The highest BCUT2D eigenvalue weighted by Crippen LogP contribution is 2.15. The molecule has 98 valence electrons. The molecule has 2 rings (SSSR count). The van der Waals surface area contributed by atoms with Gasteiger partial charge in [0, 0.05) is 6.54 Å². The van der Waals surface area contributed by atoms with Crippen molar-refractivity contribution in [3.05, 3.63) is 53.2 Å². The van der Waals surface area contributed by atoms with Crippen LogP contribution in [0.25, 0.3) is 0 Å². The van der Waals surface area contributed by atoms with E-state index in [1.165, 1.54) is 11.8 Å². The monoisotopic (exact) mass is 276 g/mol. The Morgan fingerprint density at radius 2 is 2.00 bits per heavy atom. The molecular weight excluding hydrogens is 264 g/mol. The van der Waals surface area contributed by atoms with E-state index in [1.807, 2.05) is 30.3 Å². The normalized spacial score (nSPS) is 9.95. The number of nitrogens with zero attached hydrogens (tertiary/aromatic N) is 2. The number of anilines is 1. The molecule has 0 spiro atoms. The lowest BCUT2D eigenvalue weighted by atomic mass is 10.1. The molecule has 19 heavy (non-hydrogen) atoms. The lowest BCUT2D eigenvalue weighted by Crippen LogP contribution is -2.30. The molecule has 5 nitrogen and oxygen atoms in total. The maximum absolute atomic E-state index is 11.6. The van der Waals surface area contributed by atoms with Crippen LogP contribution < -0.4 is 10.6 Å². The van der Waals surface area contributed by atoms with Gasteiger partial charge in [0.15, 0.2) is 5.82 Å². The van der Waals surface area contributed by atoms with Gasteiger partial charge in [-0.15, -0.1) is 5.10 Å². The maximum atomic E-state index is 11.6. The third-order valence-corrected chi connectivity index (χ3v) is 2.75. The molecule has 1 aromatic heterocycles. The van der Waals surface area contributed by atoms with Crippen LogP contribution in [0.2, 0.25) is 5.02 Å². The number of benzene rings is 1. The predicted molar refractivity (Wildman–Crippen MR) is 74.2 cm³/mol. The van der Waals surface area contributed by atoms with Gasteiger partial charge >= 0.3 is 6.03 Å². The molecule has 0 aliphatic rings. The van der Waals surface area contributed by atoms with Crippen LogP contribution in [0.1, 0.15) is 5.56 Å². The number of hydrogen-bond donors (Lipinski definition) is 2. The van der Waals surface area contributed by atoms with Crippen molar-refractivity contribution in [1.29, 1.82) is 0 Å². The number of rotatable bonds is 4. The summed E-state index contributed by atoms with van der Waals surface area (Å²) in [4.78, 5) is 11.6. The lowest BCUT2D eigenvalue weighted by molar-refractivity contribution is 0.252. The van der Waals surface area contributed by atoms with Crippen LogP contribution in [-0.4, -0.2) is 22.8 Å². The first-order valence-electron chi connectivity index (χ1n) is 5.81. The number of amides is 2. The first kappa shape index (κ1) is 13.3. The van der Waals surface area contributed by atoms with Gasteiger partial charge in [0.05, 0.1) is 11.2 Å². The summed E-state index contributed by atoms with van der Waals surface area (Å²) in [5, 5.41) is 13.0. The molecule has 2 amide bonds. The van der Waals surface area contributed by atoms with E-state index in [0.717, 1.165) is 6.42 Å². The Labute approximate surface area is 116 Å². The zero-order valence-corrected chi connectivity index (χ0v) is 10.9. The van der Waals surface area contributed by atoms with Crippen molar-refractivity contribution in [2.75, 3.05) is 11.9 Å². The van der Waals surface area contributed by atoms with Crippen LogP contribution in [0, 0.1) is 0 Å². The number of urea groups is 1. The first-order valence-corrected chi connectivity index (χ1v) is 6.19. The highest BCUT2D eigenvalue weighted by atomic mass is 35.5. The molecule has 0 aliphatic carbocycles. The fraction of sp³-hybridized carbons (Fsp3) is 0.154. The molecule has 2 N–H and O–H groups in total. The van der Waals surface area contributed by atoms with Crippen LogP contribution in [-0.2, 0) is 6.42 Å². The minimum atomic E-state index is -0.349. The fourth-order valence-electron chi connectivity index (χ4n) is 1.52. The zero-order chi connectivity index (χ0) is 13.5. The van der Waals surface area contributed by atoms with Crippen molar-refractivity contribution in [1.82, 2.24) is 15.5 Å². The average molecular weight is 277 g/mol. The van der Waals surface area contributed by atoms with Gasteiger partial charge in [0.2, 0.25) is 0 Å². The van der Waals surface area contributed by atoms with Crippen molar-refractivity contribution in [3.8, 4) is 0 Å². The largest absolute Gasteiger partial charge is 0.337 e. The standard InChI is InChI=1S/C13H13ClN4O/c14-11-7-9-16-18-12(11)17-13(19)15-8-6-10-4-2-1-3-5-10/h1-5,7,9H,6,8H2,(H2,15,17,18,19). The number of aromatic nitrogens is 2. The van der Waals surface area contributed by atoms with E-state index < -0.39 is 0 Å². The topological polar surface area (TPSA) is 66.9 Å². The second-order valence-corrected chi connectivity index (χ2v) is 4.25. The quantitative estimate of drug-likeness (QED) is 0.902. The van der Waals surface area contributed by atoms with Crippen LogP contribution in [0.15, 0.2) is 42.6 Å². The fourth-order valence-corrected chi connectivity index (χ4v) is 1.66. The van der Waals surface area contributed by atoms with Gasteiger partial charge in [0.1, 0.15) is 0 Å². The minimum Gasteiger partial charge on any atom is -0.337 e. The minimum absolute atomic E-state index is 0.251. The van der Waals surface area contributed by atoms with Crippen LogP contribution in [0.3, 0.4) is 0 Å². The Kier molecular flexibility index (Phi) is 4.69. The molecule has 1 heterocycles. The molecule has 0 bridgehead atoms. The van der Waals surface area contributed by atoms with Crippen molar-refractivity contribution in [2.45, 2.75) is 6.42 Å². The summed E-state index contributed by atoms with van der Waals surface area (Å²) in [5.74, 6) is 0.251. The van der Waals surface area contributed by atoms with Crippen molar-refractivity contribution >= 4 is 23.4 Å². The van der Waals surface area contributed by atoms with E-state index in [9.17, 15) is 4.79 Å². The first-order chi connectivity index (χ1) is 9.25. The maximum Gasteiger partial charge on any atom is 0.320 e. The van der Waals surface area contributed by atoms with E-state index in [1.54, 1.807) is 6.07 Å². The van der Waals surface area contributed by atoms with Gasteiger partial charge in [0.25, 0.3) is 0 Å². The molecule has 0 atom stereocenters. The smallest absolute Gasteiger partial charge is 0.320 e. The van der Waals surface area contributed by atoms with Crippen LogP contribution >= 0.6 is 11.6 Å². The molecule has 0 aliphatic heterocycles. The summed E-state index contributed by atoms with van der Waals surface area (Å²) in [5.41, 5.74) is 1.17. The van der Waals surface area contributed by atoms with Gasteiger partial charge in [-0.2, -0.15) is 5.10 Å².